The number of methoxy groups -OCH3 is 1. The molecule has 1 atom stereocenters. The van der Waals surface area contributed by atoms with Gasteiger partial charge in [0.2, 0.25) is 5.91 Å². The van der Waals surface area contributed by atoms with E-state index in [0.29, 0.717) is 43.5 Å². The lowest BCUT2D eigenvalue weighted by molar-refractivity contribution is -0.127. The maximum Gasteiger partial charge on any atom is 0.223 e. The topological polar surface area (TPSA) is 69.5 Å². The molecule has 0 spiro atoms. The van der Waals surface area contributed by atoms with Gasteiger partial charge in [0.15, 0.2) is 5.82 Å². The Morgan fingerprint density at radius 3 is 2.70 bits per heavy atom. The second kappa shape index (κ2) is 7.98. The first kappa shape index (κ1) is 19.5. The predicted molar refractivity (Wildman–Crippen MR) is 107 cm³/mol. The number of ether oxygens (including phenoxy) is 2. The summed E-state index contributed by atoms with van der Waals surface area (Å²) in [5, 5.41) is 4.79. The monoisotopic (exact) mass is 414 g/mol. The van der Waals surface area contributed by atoms with Gasteiger partial charge in [-0.3, -0.25) is 4.79 Å². The SMILES string of the molecule is COc1cc(F)cc(-n2nc(C3CCOCC3)nc2C2CC(=O)N(CC3CC3)C2)c1. The Labute approximate surface area is 175 Å². The average Bonchev–Trinajstić information content (AvgIpc) is 3.34. The highest BCUT2D eigenvalue weighted by molar-refractivity contribution is 5.79. The highest BCUT2D eigenvalue weighted by atomic mass is 19.1. The van der Waals surface area contributed by atoms with Crippen molar-refractivity contribution in [3.63, 3.8) is 0 Å². The Morgan fingerprint density at radius 1 is 1.17 bits per heavy atom. The third-order valence-electron chi connectivity index (χ3n) is 6.33. The number of nitrogens with zero attached hydrogens (tertiary/aromatic N) is 4. The number of halogens is 1. The van der Waals surface area contributed by atoms with Gasteiger partial charge in [-0.2, -0.15) is 5.10 Å². The van der Waals surface area contributed by atoms with Crippen molar-refractivity contribution in [2.24, 2.45) is 5.92 Å². The quantitative estimate of drug-likeness (QED) is 0.727. The highest BCUT2D eigenvalue weighted by Crippen LogP contribution is 2.36. The van der Waals surface area contributed by atoms with Crippen molar-refractivity contribution in [2.75, 3.05) is 33.4 Å². The standard InChI is InChI=1S/C22H27FN4O3/c1-29-19-10-17(23)9-18(11-19)27-22(24-21(25-27)15-4-6-30-7-5-15)16-8-20(28)26(13-16)12-14-2-3-14/h9-11,14-16H,2-8,12-13H2,1H3. The Hall–Kier alpha value is -2.48. The van der Waals surface area contributed by atoms with Gasteiger partial charge in [0, 0.05) is 56.7 Å². The minimum atomic E-state index is -0.392. The molecule has 2 saturated heterocycles. The van der Waals surface area contributed by atoms with E-state index >= 15 is 0 Å². The molecule has 8 heteroatoms. The van der Waals surface area contributed by atoms with Gasteiger partial charge in [-0.05, 0) is 37.7 Å². The summed E-state index contributed by atoms with van der Waals surface area (Å²) in [5.74, 6) is 2.51. The van der Waals surface area contributed by atoms with Crippen LogP contribution in [-0.4, -0.2) is 59.0 Å². The van der Waals surface area contributed by atoms with Crippen LogP contribution in [0.15, 0.2) is 18.2 Å². The number of aromatic nitrogens is 3. The van der Waals surface area contributed by atoms with Crippen LogP contribution in [0.3, 0.4) is 0 Å². The van der Waals surface area contributed by atoms with Crippen molar-refractivity contribution in [3.8, 4) is 11.4 Å². The van der Waals surface area contributed by atoms with Crippen LogP contribution >= 0.6 is 0 Å². The maximum absolute atomic E-state index is 14.2. The summed E-state index contributed by atoms with van der Waals surface area (Å²) in [7, 11) is 1.51. The van der Waals surface area contributed by atoms with Crippen LogP contribution in [0.5, 0.6) is 5.75 Å². The number of likely N-dealkylation sites (tertiary alicyclic amines) is 1. The molecule has 0 N–H and O–H groups in total. The minimum Gasteiger partial charge on any atom is -0.497 e. The molecular formula is C22H27FN4O3. The van der Waals surface area contributed by atoms with E-state index in [9.17, 15) is 9.18 Å². The smallest absolute Gasteiger partial charge is 0.223 e. The van der Waals surface area contributed by atoms with Gasteiger partial charge >= 0.3 is 0 Å². The molecule has 1 saturated carbocycles. The zero-order valence-electron chi connectivity index (χ0n) is 17.2. The molecule has 1 unspecified atom stereocenters. The Morgan fingerprint density at radius 2 is 1.97 bits per heavy atom. The van der Waals surface area contributed by atoms with Crippen LogP contribution in [0.25, 0.3) is 5.69 Å². The number of amides is 1. The Kier molecular flexibility index (Phi) is 5.18. The summed E-state index contributed by atoms with van der Waals surface area (Å²) < 4.78 is 26.7. The van der Waals surface area contributed by atoms with E-state index < -0.39 is 5.82 Å². The minimum absolute atomic E-state index is 0.0494. The largest absolute Gasteiger partial charge is 0.497 e. The second-order valence-electron chi connectivity index (χ2n) is 8.62. The zero-order chi connectivity index (χ0) is 20.7. The molecule has 0 radical (unpaired) electrons. The summed E-state index contributed by atoms with van der Waals surface area (Å²) in [6, 6.07) is 4.54. The fraction of sp³-hybridized carbons (Fsp3) is 0.591. The van der Waals surface area contributed by atoms with E-state index in [-0.39, 0.29) is 17.7 Å². The van der Waals surface area contributed by atoms with E-state index in [1.807, 2.05) is 4.90 Å². The zero-order valence-corrected chi connectivity index (χ0v) is 17.2. The number of rotatable bonds is 6. The summed E-state index contributed by atoms with van der Waals surface area (Å²) >= 11 is 0. The Bertz CT molecular complexity index is 936. The third-order valence-corrected chi connectivity index (χ3v) is 6.33. The molecule has 3 fully saturated rings. The van der Waals surface area contributed by atoms with Gasteiger partial charge in [-0.1, -0.05) is 0 Å². The van der Waals surface area contributed by atoms with E-state index in [4.69, 9.17) is 19.6 Å². The third kappa shape index (κ3) is 3.93. The fourth-order valence-corrected chi connectivity index (χ4v) is 4.45. The molecule has 30 heavy (non-hydrogen) atoms. The lowest BCUT2D eigenvalue weighted by Gasteiger charge is -2.18. The molecule has 3 aliphatic rings. The van der Waals surface area contributed by atoms with Crippen molar-refractivity contribution in [2.45, 2.75) is 43.9 Å². The fourth-order valence-electron chi connectivity index (χ4n) is 4.45. The molecular weight excluding hydrogens is 387 g/mol. The molecule has 0 bridgehead atoms. The van der Waals surface area contributed by atoms with E-state index in [1.165, 1.54) is 32.1 Å². The van der Waals surface area contributed by atoms with Crippen LogP contribution in [-0.2, 0) is 9.53 Å². The molecule has 1 aromatic carbocycles. The van der Waals surface area contributed by atoms with Crippen molar-refractivity contribution in [1.82, 2.24) is 19.7 Å². The molecule has 2 aliphatic heterocycles. The van der Waals surface area contributed by atoms with Crippen molar-refractivity contribution in [1.29, 1.82) is 0 Å². The lowest BCUT2D eigenvalue weighted by atomic mass is 10.00. The van der Waals surface area contributed by atoms with E-state index in [1.54, 1.807) is 10.7 Å². The van der Waals surface area contributed by atoms with Gasteiger partial charge in [0.1, 0.15) is 17.4 Å². The van der Waals surface area contributed by atoms with Gasteiger partial charge in [-0.15, -0.1) is 0 Å². The molecule has 1 aromatic heterocycles. The average molecular weight is 414 g/mol. The first-order valence-corrected chi connectivity index (χ1v) is 10.8. The summed E-state index contributed by atoms with van der Waals surface area (Å²) in [6.07, 6.45) is 4.58. The summed E-state index contributed by atoms with van der Waals surface area (Å²) in [4.78, 5) is 19.5. The van der Waals surface area contributed by atoms with Gasteiger partial charge in [0.05, 0.1) is 12.8 Å². The van der Waals surface area contributed by atoms with E-state index in [0.717, 1.165) is 31.0 Å². The van der Waals surface area contributed by atoms with Crippen molar-refractivity contribution < 1.29 is 18.7 Å². The normalized spacial score (nSPS) is 22.7. The molecule has 5 rings (SSSR count). The first-order valence-electron chi connectivity index (χ1n) is 10.8. The predicted octanol–water partition coefficient (Wildman–Crippen LogP) is 3.03. The van der Waals surface area contributed by atoms with Crippen LogP contribution in [0.4, 0.5) is 4.39 Å². The van der Waals surface area contributed by atoms with Crippen LogP contribution < -0.4 is 4.74 Å². The number of hydrogen-bond acceptors (Lipinski definition) is 5. The maximum atomic E-state index is 14.2. The molecule has 160 valence electrons. The number of carbonyl (C=O) groups is 1. The second-order valence-corrected chi connectivity index (χ2v) is 8.62. The van der Waals surface area contributed by atoms with Crippen LogP contribution in [0.1, 0.15) is 55.6 Å². The van der Waals surface area contributed by atoms with Gasteiger partial charge in [0.25, 0.3) is 0 Å². The molecule has 3 heterocycles. The number of benzene rings is 1. The molecule has 2 aromatic rings. The molecule has 1 aliphatic carbocycles. The first-order chi connectivity index (χ1) is 14.6. The van der Waals surface area contributed by atoms with Crippen molar-refractivity contribution >= 4 is 5.91 Å². The Balaban J connectivity index is 1.50. The summed E-state index contributed by atoms with van der Waals surface area (Å²) in [5.41, 5.74) is 0.570. The van der Waals surface area contributed by atoms with Crippen LogP contribution in [0, 0.1) is 11.7 Å². The molecule has 1 amide bonds. The lowest BCUT2D eigenvalue weighted by Crippen LogP contribution is -2.27. The van der Waals surface area contributed by atoms with Crippen molar-refractivity contribution in [3.05, 3.63) is 35.7 Å². The van der Waals surface area contributed by atoms with Crippen LogP contribution in [0.2, 0.25) is 0 Å². The number of carbonyl (C=O) groups excluding carboxylic acids is 1. The van der Waals surface area contributed by atoms with E-state index in [2.05, 4.69) is 0 Å². The highest BCUT2D eigenvalue weighted by Gasteiger charge is 2.37. The number of hydrogen-bond donors (Lipinski definition) is 0. The summed E-state index contributed by atoms with van der Waals surface area (Å²) in [6.45, 7) is 2.87. The van der Waals surface area contributed by atoms with Gasteiger partial charge < -0.3 is 14.4 Å². The molecule has 7 nitrogen and oxygen atoms in total. The van der Waals surface area contributed by atoms with Gasteiger partial charge in [-0.25, -0.2) is 14.1 Å².